The van der Waals surface area contributed by atoms with Crippen LogP contribution in [0.25, 0.3) is 10.2 Å². The third-order valence-electron chi connectivity index (χ3n) is 5.01. The Morgan fingerprint density at radius 1 is 1.29 bits per heavy atom. The number of carbonyl (C=O) groups excluding carboxylic acids is 2. The highest BCUT2D eigenvalue weighted by Gasteiger charge is 2.33. The largest absolute Gasteiger partial charge is 0.397 e. The fourth-order valence-corrected chi connectivity index (χ4v) is 4.63. The smallest absolute Gasteiger partial charge is 0.263 e. The van der Waals surface area contributed by atoms with Crippen molar-refractivity contribution in [1.29, 1.82) is 0 Å². The Labute approximate surface area is 165 Å². The molecule has 1 fully saturated rings. The van der Waals surface area contributed by atoms with Crippen molar-refractivity contribution in [1.82, 2.24) is 15.2 Å². The van der Waals surface area contributed by atoms with E-state index in [1.165, 1.54) is 23.5 Å². The highest BCUT2D eigenvalue weighted by atomic mass is 32.1. The summed E-state index contributed by atoms with van der Waals surface area (Å²) in [5, 5.41) is 3.29. The SMILES string of the molecule is CNC(=O)c1sc2nc([C@H]3CCCN3C(=O)c3ccccc3F)ccc2c1N. The quantitative estimate of drug-likeness (QED) is 0.708. The maximum Gasteiger partial charge on any atom is 0.263 e. The molecule has 0 saturated carbocycles. The Morgan fingerprint density at radius 3 is 2.82 bits per heavy atom. The minimum Gasteiger partial charge on any atom is -0.397 e. The number of thiophene rings is 1. The topological polar surface area (TPSA) is 88.3 Å². The summed E-state index contributed by atoms with van der Waals surface area (Å²) in [4.78, 5) is 32.3. The summed E-state index contributed by atoms with van der Waals surface area (Å²) in [6, 6.07) is 9.44. The van der Waals surface area contributed by atoms with Gasteiger partial charge in [0.05, 0.1) is 23.0 Å². The normalized spacial score (nSPS) is 16.5. The lowest BCUT2D eigenvalue weighted by Crippen LogP contribution is -2.31. The molecule has 1 aliphatic heterocycles. The maximum absolute atomic E-state index is 14.1. The van der Waals surface area contributed by atoms with Crippen molar-refractivity contribution in [3.63, 3.8) is 0 Å². The molecule has 1 atom stereocenters. The molecular weight excluding hydrogens is 379 g/mol. The van der Waals surface area contributed by atoms with Gasteiger partial charge in [0.2, 0.25) is 0 Å². The second-order valence-electron chi connectivity index (χ2n) is 6.65. The number of amides is 2. The van der Waals surface area contributed by atoms with E-state index in [1.807, 2.05) is 12.1 Å². The van der Waals surface area contributed by atoms with Gasteiger partial charge in [-0.05, 0) is 37.1 Å². The number of hydrogen-bond acceptors (Lipinski definition) is 5. The van der Waals surface area contributed by atoms with E-state index >= 15 is 0 Å². The summed E-state index contributed by atoms with van der Waals surface area (Å²) >= 11 is 1.23. The van der Waals surface area contributed by atoms with Crippen LogP contribution in [0.5, 0.6) is 0 Å². The minimum atomic E-state index is -0.525. The standard InChI is InChI=1S/C20H19FN4O2S/c1-23-18(26)17-16(22)12-8-9-14(24-19(12)28-17)15-7-4-10-25(15)20(27)11-5-2-3-6-13(11)21/h2-3,5-6,8-9,15H,4,7,10,22H2,1H3,(H,23,26)/t15-/m1/s1. The number of hydrogen-bond donors (Lipinski definition) is 2. The molecular formula is C20H19FN4O2S. The molecule has 2 amide bonds. The molecule has 1 saturated heterocycles. The van der Waals surface area contributed by atoms with Crippen LogP contribution in [-0.4, -0.2) is 35.3 Å². The van der Waals surface area contributed by atoms with Crippen LogP contribution >= 0.6 is 11.3 Å². The Hall–Kier alpha value is -3.00. The fraction of sp³-hybridized carbons (Fsp3) is 0.250. The van der Waals surface area contributed by atoms with E-state index in [4.69, 9.17) is 5.73 Å². The van der Waals surface area contributed by atoms with Crippen LogP contribution in [-0.2, 0) is 0 Å². The maximum atomic E-state index is 14.1. The predicted octanol–water partition coefficient (Wildman–Crippen LogP) is 3.35. The number of nitrogens with zero attached hydrogens (tertiary/aromatic N) is 2. The summed E-state index contributed by atoms with van der Waals surface area (Å²) in [5.41, 5.74) is 7.29. The summed E-state index contributed by atoms with van der Waals surface area (Å²) < 4.78 is 14.1. The molecule has 8 heteroatoms. The second kappa shape index (κ2) is 7.20. The zero-order valence-corrected chi connectivity index (χ0v) is 16.1. The number of nitrogen functional groups attached to an aromatic ring is 1. The minimum absolute atomic E-state index is 0.0674. The first-order valence-electron chi connectivity index (χ1n) is 8.97. The van der Waals surface area contributed by atoms with Crippen LogP contribution in [0, 0.1) is 5.82 Å². The van der Waals surface area contributed by atoms with Gasteiger partial charge in [0.15, 0.2) is 0 Å². The van der Waals surface area contributed by atoms with Gasteiger partial charge in [-0.25, -0.2) is 9.37 Å². The first-order chi connectivity index (χ1) is 13.5. The number of fused-ring (bicyclic) bond motifs is 1. The van der Waals surface area contributed by atoms with Crippen molar-refractivity contribution in [2.24, 2.45) is 0 Å². The molecule has 3 N–H and O–H groups in total. The molecule has 0 aliphatic carbocycles. The van der Waals surface area contributed by atoms with Crippen molar-refractivity contribution in [3.8, 4) is 0 Å². The Bertz CT molecular complexity index is 1080. The van der Waals surface area contributed by atoms with Crippen molar-refractivity contribution in [3.05, 3.63) is 58.3 Å². The third kappa shape index (κ3) is 2.99. The molecule has 144 valence electrons. The molecule has 1 aliphatic rings. The number of rotatable bonds is 3. The van der Waals surface area contributed by atoms with Gasteiger partial charge >= 0.3 is 0 Å². The number of pyridine rings is 1. The lowest BCUT2D eigenvalue weighted by molar-refractivity contribution is 0.0728. The van der Waals surface area contributed by atoms with Gasteiger partial charge in [-0.15, -0.1) is 11.3 Å². The van der Waals surface area contributed by atoms with Gasteiger partial charge in [-0.3, -0.25) is 9.59 Å². The zero-order valence-electron chi connectivity index (χ0n) is 15.2. The number of halogens is 1. The van der Waals surface area contributed by atoms with Gasteiger partial charge in [0.25, 0.3) is 11.8 Å². The molecule has 3 heterocycles. The van der Waals surface area contributed by atoms with Crippen LogP contribution in [0.4, 0.5) is 10.1 Å². The molecule has 0 spiro atoms. The van der Waals surface area contributed by atoms with E-state index < -0.39 is 5.82 Å². The number of benzene rings is 1. The highest BCUT2D eigenvalue weighted by Crippen LogP contribution is 2.37. The van der Waals surface area contributed by atoms with E-state index in [1.54, 1.807) is 24.1 Å². The Balaban J connectivity index is 1.69. The monoisotopic (exact) mass is 398 g/mol. The van der Waals surface area contributed by atoms with Gasteiger partial charge in [-0.2, -0.15) is 0 Å². The summed E-state index contributed by atoms with van der Waals surface area (Å²) in [6.07, 6.45) is 1.57. The van der Waals surface area contributed by atoms with Crippen molar-refractivity contribution in [2.45, 2.75) is 18.9 Å². The number of likely N-dealkylation sites (tertiary alicyclic amines) is 1. The fourth-order valence-electron chi connectivity index (χ4n) is 3.59. The van der Waals surface area contributed by atoms with Crippen LogP contribution in [0.1, 0.15) is 44.6 Å². The average Bonchev–Trinajstić information content (AvgIpc) is 3.32. The van der Waals surface area contributed by atoms with Crippen molar-refractivity contribution >= 4 is 39.1 Å². The zero-order chi connectivity index (χ0) is 19.8. The third-order valence-corrected chi connectivity index (χ3v) is 6.12. The van der Waals surface area contributed by atoms with E-state index in [2.05, 4.69) is 10.3 Å². The van der Waals surface area contributed by atoms with Crippen LogP contribution < -0.4 is 11.1 Å². The molecule has 6 nitrogen and oxygen atoms in total. The number of nitrogens with two attached hydrogens (primary N) is 1. The lowest BCUT2D eigenvalue weighted by atomic mass is 10.1. The van der Waals surface area contributed by atoms with Crippen molar-refractivity contribution in [2.75, 3.05) is 19.3 Å². The number of nitrogens with one attached hydrogen (secondary N) is 1. The van der Waals surface area contributed by atoms with E-state index in [9.17, 15) is 14.0 Å². The van der Waals surface area contributed by atoms with Crippen molar-refractivity contribution < 1.29 is 14.0 Å². The highest BCUT2D eigenvalue weighted by molar-refractivity contribution is 7.21. The lowest BCUT2D eigenvalue weighted by Gasteiger charge is -2.24. The van der Waals surface area contributed by atoms with Gasteiger partial charge in [0, 0.05) is 19.0 Å². The second-order valence-corrected chi connectivity index (χ2v) is 7.65. The first-order valence-corrected chi connectivity index (χ1v) is 9.79. The number of carbonyl (C=O) groups is 2. The summed E-state index contributed by atoms with van der Waals surface area (Å²) in [5.74, 6) is -1.11. The Kier molecular flexibility index (Phi) is 4.72. The van der Waals surface area contributed by atoms with Crippen LogP contribution in [0.15, 0.2) is 36.4 Å². The number of aromatic nitrogens is 1. The Morgan fingerprint density at radius 2 is 2.07 bits per heavy atom. The van der Waals surface area contributed by atoms with Gasteiger partial charge in [-0.1, -0.05) is 12.1 Å². The van der Waals surface area contributed by atoms with Crippen LogP contribution in [0.3, 0.4) is 0 Å². The van der Waals surface area contributed by atoms with E-state index in [-0.39, 0.29) is 23.4 Å². The van der Waals surface area contributed by atoms with Crippen LogP contribution in [0.2, 0.25) is 0 Å². The molecule has 0 bridgehead atoms. The molecule has 3 aromatic rings. The first kappa shape index (κ1) is 18.4. The molecule has 4 rings (SSSR count). The molecule has 1 aromatic carbocycles. The molecule has 2 aromatic heterocycles. The number of anilines is 1. The predicted molar refractivity (Wildman–Crippen MR) is 107 cm³/mol. The van der Waals surface area contributed by atoms with E-state index in [0.717, 1.165) is 23.9 Å². The summed E-state index contributed by atoms with van der Waals surface area (Å²) in [6.45, 7) is 0.549. The van der Waals surface area contributed by atoms with E-state index in [0.29, 0.717) is 21.9 Å². The molecule has 0 radical (unpaired) electrons. The van der Waals surface area contributed by atoms with Gasteiger partial charge < -0.3 is 16.0 Å². The average molecular weight is 398 g/mol. The molecule has 28 heavy (non-hydrogen) atoms. The summed E-state index contributed by atoms with van der Waals surface area (Å²) in [7, 11) is 1.55. The van der Waals surface area contributed by atoms with Gasteiger partial charge in [0.1, 0.15) is 15.5 Å². The molecule has 0 unspecified atom stereocenters.